The van der Waals surface area contributed by atoms with Crippen molar-refractivity contribution in [2.45, 2.75) is 50.7 Å². The van der Waals surface area contributed by atoms with Crippen LogP contribution >= 0.6 is 0 Å². The highest BCUT2D eigenvalue weighted by molar-refractivity contribution is 5.92. The van der Waals surface area contributed by atoms with Gasteiger partial charge in [0.1, 0.15) is 17.2 Å². The largest absolute Gasteiger partial charge is 0.348 e. The topological polar surface area (TPSA) is 76.8 Å². The zero-order valence-electron chi connectivity index (χ0n) is 16.0. The molecule has 4 heterocycles. The van der Waals surface area contributed by atoms with Crippen LogP contribution in [-0.2, 0) is 13.0 Å². The van der Waals surface area contributed by atoms with Gasteiger partial charge in [-0.2, -0.15) is 0 Å². The van der Waals surface area contributed by atoms with E-state index in [9.17, 15) is 4.79 Å². The van der Waals surface area contributed by atoms with Gasteiger partial charge in [0, 0.05) is 62.1 Å². The van der Waals surface area contributed by atoms with Gasteiger partial charge in [-0.3, -0.25) is 4.79 Å². The molecule has 0 aromatic carbocycles. The van der Waals surface area contributed by atoms with Crippen molar-refractivity contribution in [3.63, 3.8) is 0 Å². The summed E-state index contributed by atoms with van der Waals surface area (Å²) in [5, 5.41) is 7.75. The first-order valence-corrected chi connectivity index (χ1v) is 10.3. The smallest absolute Gasteiger partial charge is 0.271 e. The summed E-state index contributed by atoms with van der Waals surface area (Å²) in [6, 6.07) is 6.89. The number of nitrogens with one attached hydrogen (secondary N) is 2. The lowest BCUT2D eigenvalue weighted by molar-refractivity contribution is 0.0918. The van der Waals surface area contributed by atoms with E-state index < -0.39 is 0 Å². The first kappa shape index (κ1) is 17.4. The fourth-order valence-electron chi connectivity index (χ4n) is 4.52. The number of nitrogens with zero attached hydrogens (tertiary/aromatic N) is 4. The monoisotopic (exact) mass is 378 g/mol. The van der Waals surface area contributed by atoms with E-state index in [-0.39, 0.29) is 11.9 Å². The van der Waals surface area contributed by atoms with Gasteiger partial charge < -0.3 is 19.8 Å². The Kier molecular flexibility index (Phi) is 4.60. The Morgan fingerprint density at radius 1 is 1.18 bits per heavy atom. The number of hydrogen-bond donors (Lipinski definition) is 2. The van der Waals surface area contributed by atoms with Crippen molar-refractivity contribution < 1.29 is 4.79 Å². The van der Waals surface area contributed by atoms with Crippen molar-refractivity contribution in [1.82, 2.24) is 29.7 Å². The van der Waals surface area contributed by atoms with E-state index in [1.165, 1.54) is 5.39 Å². The highest BCUT2D eigenvalue weighted by Crippen LogP contribution is 2.31. The quantitative estimate of drug-likeness (QED) is 0.733. The molecule has 2 N–H and O–H groups in total. The van der Waals surface area contributed by atoms with E-state index in [1.54, 1.807) is 0 Å². The van der Waals surface area contributed by atoms with Crippen molar-refractivity contribution in [1.29, 1.82) is 0 Å². The molecule has 0 radical (unpaired) electrons. The predicted molar refractivity (Wildman–Crippen MR) is 107 cm³/mol. The van der Waals surface area contributed by atoms with E-state index in [0.717, 1.165) is 63.2 Å². The Labute approximate surface area is 164 Å². The second kappa shape index (κ2) is 7.39. The number of carbonyl (C=O) groups excluding carboxylic acids is 1. The third-order valence-corrected chi connectivity index (χ3v) is 6.05. The number of rotatable bonds is 3. The van der Waals surface area contributed by atoms with E-state index >= 15 is 0 Å². The van der Waals surface area contributed by atoms with Gasteiger partial charge >= 0.3 is 0 Å². The van der Waals surface area contributed by atoms with Gasteiger partial charge in [0.25, 0.3) is 5.91 Å². The van der Waals surface area contributed by atoms with Crippen LogP contribution in [0.5, 0.6) is 0 Å². The molecule has 5 rings (SSSR count). The molecule has 7 nitrogen and oxygen atoms in total. The van der Waals surface area contributed by atoms with Crippen LogP contribution in [0.1, 0.15) is 48.0 Å². The summed E-state index contributed by atoms with van der Waals surface area (Å²) < 4.78 is 4.41. The van der Waals surface area contributed by atoms with Crippen molar-refractivity contribution in [3.8, 4) is 0 Å². The molecule has 28 heavy (non-hydrogen) atoms. The van der Waals surface area contributed by atoms with E-state index in [2.05, 4.69) is 48.1 Å². The van der Waals surface area contributed by atoms with Gasteiger partial charge in [0.15, 0.2) is 0 Å². The van der Waals surface area contributed by atoms with Crippen LogP contribution in [-0.4, -0.2) is 44.1 Å². The lowest BCUT2D eigenvalue weighted by Crippen LogP contribution is -2.38. The Bertz CT molecular complexity index is 958. The highest BCUT2D eigenvalue weighted by Gasteiger charge is 2.25. The normalized spacial score (nSPS) is 22.6. The number of imidazole rings is 1. The van der Waals surface area contributed by atoms with Gasteiger partial charge in [-0.1, -0.05) is 0 Å². The summed E-state index contributed by atoms with van der Waals surface area (Å²) in [6.45, 7) is 2.72. The van der Waals surface area contributed by atoms with Gasteiger partial charge in [-0.25, -0.2) is 9.97 Å². The third kappa shape index (κ3) is 3.30. The summed E-state index contributed by atoms with van der Waals surface area (Å²) in [4.78, 5) is 21.8. The second-order valence-electron chi connectivity index (χ2n) is 7.85. The maximum atomic E-state index is 12.7. The molecule has 1 amide bonds. The molecule has 3 aromatic heterocycles. The molecule has 0 saturated heterocycles. The lowest BCUT2D eigenvalue weighted by Gasteiger charge is -2.30. The minimum absolute atomic E-state index is 0.0370. The molecule has 1 aliphatic heterocycles. The summed E-state index contributed by atoms with van der Waals surface area (Å²) in [5.74, 6) is 0.968. The van der Waals surface area contributed by atoms with Gasteiger partial charge in [-0.15, -0.1) is 0 Å². The van der Waals surface area contributed by atoms with Crippen LogP contribution in [0, 0.1) is 0 Å². The third-order valence-electron chi connectivity index (χ3n) is 6.05. The molecule has 1 aliphatic carbocycles. The maximum Gasteiger partial charge on any atom is 0.271 e. The minimum Gasteiger partial charge on any atom is -0.348 e. The average molecular weight is 378 g/mol. The van der Waals surface area contributed by atoms with Crippen LogP contribution in [0.25, 0.3) is 11.0 Å². The first-order valence-electron chi connectivity index (χ1n) is 10.3. The number of aromatic nitrogens is 4. The minimum atomic E-state index is -0.0370. The van der Waals surface area contributed by atoms with E-state index in [0.29, 0.717) is 11.7 Å². The Morgan fingerprint density at radius 2 is 2.07 bits per heavy atom. The van der Waals surface area contributed by atoms with Crippen LogP contribution in [0.2, 0.25) is 0 Å². The predicted octanol–water partition coefficient (Wildman–Crippen LogP) is 2.29. The molecule has 0 atom stereocenters. The zero-order valence-corrected chi connectivity index (χ0v) is 16.0. The van der Waals surface area contributed by atoms with Gasteiger partial charge in [0.2, 0.25) is 0 Å². The Balaban J connectivity index is 1.21. The Hall–Kier alpha value is -2.67. The molecular formula is C21H26N6O. The summed E-state index contributed by atoms with van der Waals surface area (Å²) in [6.07, 6.45) is 10.9. The maximum absolute atomic E-state index is 12.7. The fourth-order valence-corrected chi connectivity index (χ4v) is 4.52. The first-order chi connectivity index (χ1) is 13.8. The van der Waals surface area contributed by atoms with Gasteiger partial charge in [0.05, 0.1) is 0 Å². The van der Waals surface area contributed by atoms with E-state index in [4.69, 9.17) is 0 Å². The van der Waals surface area contributed by atoms with Crippen molar-refractivity contribution in [2.24, 2.45) is 0 Å². The number of pyridine rings is 1. The fraction of sp³-hybridized carbons (Fsp3) is 0.476. The lowest BCUT2D eigenvalue weighted by atomic mass is 9.91. The number of fused-ring (bicyclic) bond motifs is 2. The Morgan fingerprint density at radius 3 is 2.96 bits per heavy atom. The van der Waals surface area contributed by atoms with Crippen LogP contribution in [0.15, 0.2) is 36.8 Å². The van der Waals surface area contributed by atoms with Crippen molar-refractivity contribution >= 4 is 16.9 Å². The molecule has 1 fully saturated rings. The van der Waals surface area contributed by atoms with Crippen LogP contribution in [0.4, 0.5) is 0 Å². The molecule has 0 unspecified atom stereocenters. The number of carbonyl (C=O) groups is 1. The number of hydrogen-bond acceptors (Lipinski definition) is 4. The molecule has 1 saturated carbocycles. The highest BCUT2D eigenvalue weighted by atomic mass is 16.2. The summed E-state index contributed by atoms with van der Waals surface area (Å²) >= 11 is 0. The molecule has 0 bridgehead atoms. The second-order valence-corrected chi connectivity index (χ2v) is 7.85. The zero-order chi connectivity index (χ0) is 18.9. The van der Waals surface area contributed by atoms with Crippen molar-refractivity contribution in [3.05, 3.63) is 48.3 Å². The SMILES string of the molecule is O=C(NC1CCC(n2ccc3cccnc32)CC1)c1cn2c(n1)CCNCC2. The molecular weight excluding hydrogens is 352 g/mol. The summed E-state index contributed by atoms with van der Waals surface area (Å²) in [7, 11) is 0. The molecule has 7 heteroatoms. The van der Waals surface area contributed by atoms with E-state index in [1.807, 2.05) is 18.5 Å². The van der Waals surface area contributed by atoms with Gasteiger partial charge in [-0.05, 0) is 43.9 Å². The van der Waals surface area contributed by atoms with Crippen molar-refractivity contribution in [2.75, 3.05) is 13.1 Å². The molecule has 3 aromatic rings. The number of amides is 1. The average Bonchev–Trinajstić information content (AvgIpc) is 3.27. The van der Waals surface area contributed by atoms with Crippen LogP contribution < -0.4 is 10.6 Å². The van der Waals surface area contributed by atoms with Crippen LogP contribution in [0.3, 0.4) is 0 Å². The standard InChI is InChI=1S/C21H26N6O/c28-21(18-14-26-13-11-22-10-7-19(26)25-18)24-16-3-5-17(6-4-16)27-12-8-15-2-1-9-23-20(15)27/h1-2,8-9,12,14,16-17,22H,3-7,10-11,13H2,(H,24,28). The molecule has 146 valence electrons. The molecule has 2 aliphatic rings. The summed E-state index contributed by atoms with van der Waals surface area (Å²) in [5.41, 5.74) is 1.61. The molecule has 0 spiro atoms.